The van der Waals surface area contributed by atoms with E-state index in [-0.39, 0.29) is 11.9 Å². The lowest BCUT2D eigenvalue weighted by Crippen LogP contribution is -2.42. The minimum atomic E-state index is -0.528. The molecule has 0 aromatic heterocycles. The van der Waals surface area contributed by atoms with E-state index in [1.165, 1.54) is 5.56 Å². The van der Waals surface area contributed by atoms with E-state index < -0.39 is 6.04 Å². The molecule has 21 heavy (non-hydrogen) atoms. The van der Waals surface area contributed by atoms with Crippen LogP contribution >= 0.6 is 0 Å². The largest absolute Gasteiger partial charge is 0.348 e. The maximum atomic E-state index is 12.2. The Bertz CT molecular complexity index is 595. The van der Waals surface area contributed by atoms with Gasteiger partial charge in [-0.05, 0) is 31.4 Å². The lowest BCUT2D eigenvalue weighted by Gasteiger charge is -2.18. The Morgan fingerprint density at radius 2 is 1.86 bits per heavy atom. The summed E-state index contributed by atoms with van der Waals surface area (Å²) >= 11 is 0. The summed E-state index contributed by atoms with van der Waals surface area (Å²) in [4.78, 5) is 12.2. The molecule has 0 unspecified atom stereocenters. The van der Waals surface area contributed by atoms with Gasteiger partial charge in [-0.15, -0.1) is 0 Å². The second kappa shape index (κ2) is 7.04. The summed E-state index contributed by atoms with van der Waals surface area (Å²) in [6.07, 6.45) is 0.549. The molecule has 2 atom stereocenters. The molecule has 0 saturated heterocycles. The first-order chi connectivity index (χ1) is 10.1. The van der Waals surface area contributed by atoms with E-state index in [4.69, 9.17) is 5.73 Å². The topological polar surface area (TPSA) is 55.1 Å². The summed E-state index contributed by atoms with van der Waals surface area (Å²) < 4.78 is 0. The van der Waals surface area contributed by atoms with Gasteiger partial charge in [-0.2, -0.15) is 0 Å². The van der Waals surface area contributed by atoms with Crippen molar-refractivity contribution in [2.24, 2.45) is 5.73 Å². The zero-order valence-corrected chi connectivity index (χ0v) is 12.5. The van der Waals surface area contributed by atoms with Crippen molar-refractivity contribution in [3.8, 4) is 0 Å². The second-order valence-corrected chi connectivity index (χ2v) is 5.44. The van der Waals surface area contributed by atoms with Gasteiger partial charge in [0.2, 0.25) is 5.91 Å². The Kier molecular flexibility index (Phi) is 5.12. The highest BCUT2D eigenvalue weighted by Gasteiger charge is 2.17. The predicted octanol–water partition coefficient (Wildman–Crippen LogP) is 2.74. The third-order valence-electron chi connectivity index (χ3n) is 3.54. The Labute approximate surface area is 126 Å². The fourth-order valence-corrected chi connectivity index (χ4v) is 2.30. The number of nitrogens with one attached hydrogen (secondary N) is 1. The van der Waals surface area contributed by atoms with Gasteiger partial charge in [0.05, 0.1) is 12.1 Å². The van der Waals surface area contributed by atoms with E-state index in [9.17, 15) is 4.79 Å². The van der Waals surface area contributed by atoms with Crippen LogP contribution in [0.4, 0.5) is 0 Å². The van der Waals surface area contributed by atoms with Crippen molar-refractivity contribution in [3.05, 3.63) is 71.3 Å². The summed E-state index contributed by atoms with van der Waals surface area (Å²) in [7, 11) is 0. The molecule has 3 nitrogen and oxygen atoms in total. The quantitative estimate of drug-likeness (QED) is 0.886. The normalized spacial score (nSPS) is 13.5. The molecule has 0 aliphatic rings. The van der Waals surface area contributed by atoms with Crippen LogP contribution in [0.3, 0.4) is 0 Å². The molecule has 2 aromatic carbocycles. The molecule has 2 aromatic rings. The number of hydrogen-bond acceptors (Lipinski definition) is 2. The average molecular weight is 282 g/mol. The van der Waals surface area contributed by atoms with Crippen molar-refractivity contribution in [2.75, 3.05) is 0 Å². The van der Waals surface area contributed by atoms with Gasteiger partial charge in [0.15, 0.2) is 0 Å². The number of hydrogen-bond donors (Lipinski definition) is 2. The van der Waals surface area contributed by atoms with Crippen LogP contribution in [0.15, 0.2) is 54.6 Å². The Balaban J connectivity index is 1.94. The molecule has 0 saturated carbocycles. The molecule has 110 valence electrons. The Hall–Kier alpha value is -2.13. The SMILES string of the molecule is Cc1cccc([C@@H](C)NC(=O)[C@H](N)Cc2ccccc2)c1. The lowest BCUT2D eigenvalue weighted by atomic mass is 10.0. The summed E-state index contributed by atoms with van der Waals surface area (Å²) in [5, 5.41) is 2.98. The molecule has 3 N–H and O–H groups in total. The van der Waals surface area contributed by atoms with Gasteiger partial charge in [0, 0.05) is 0 Å². The first kappa shape index (κ1) is 15.3. The van der Waals surface area contributed by atoms with Crippen LogP contribution in [0, 0.1) is 6.92 Å². The first-order valence-corrected chi connectivity index (χ1v) is 7.22. The van der Waals surface area contributed by atoms with Gasteiger partial charge in [-0.3, -0.25) is 4.79 Å². The number of rotatable bonds is 5. The standard InChI is InChI=1S/C18H22N2O/c1-13-7-6-10-16(11-13)14(2)20-18(21)17(19)12-15-8-4-3-5-9-15/h3-11,14,17H,12,19H2,1-2H3,(H,20,21)/t14-,17-/m1/s1. The van der Waals surface area contributed by atoms with Crippen LogP contribution in [0.1, 0.15) is 29.7 Å². The molecule has 1 amide bonds. The van der Waals surface area contributed by atoms with Crippen LogP contribution in [0.5, 0.6) is 0 Å². The smallest absolute Gasteiger partial charge is 0.237 e. The molecule has 0 spiro atoms. The van der Waals surface area contributed by atoms with Crippen LogP contribution < -0.4 is 11.1 Å². The van der Waals surface area contributed by atoms with E-state index >= 15 is 0 Å². The van der Waals surface area contributed by atoms with E-state index in [0.29, 0.717) is 6.42 Å². The average Bonchev–Trinajstić information content (AvgIpc) is 2.48. The third kappa shape index (κ3) is 4.43. The van der Waals surface area contributed by atoms with Gasteiger partial charge in [-0.25, -0.2) is 0 Å². The van der Waals surface area contributed by atoms with Gasteiger partial charge < -0.3 is 11.1 Å². The zero-order valence-electron chi connectivity index (χ0n) is 12.5. The zero-order chi connectivity index (χ0) is 15.2. The molecule has 0 aliphatic heterocycles. The fourth-order valence-electron chi connectivity index (χ4n) is 2.30. The van der Waals surface area contributed by atoms with Crippen molar-refractivity contribution in [1.82, 2.24) is 5.32 Å². The molecule has 0 aliphatic carbocycles. The lowest BCUT2D eigenvalue weighted by molar-refractivity contribution is -0.123. The Morgan fingerprint density at radius 1 is 1.14 bits per heavy atom. The minimum absolute atomic E-state index is 0.0424. The van der Waals surface area contributed by atoms with Gasteiger partial charge in [0.25, 0.3) is 0 Å². The van der Waals surface area contributed by atoms with Crippen LogP contribution in [-0.4, -0.2) is 11.9 Å². The maximum absolute atomic E-state index is 12.2. The summed E-state index contributed by atoms with van der Waals surface area (Å²) in [6.45, 7) is 4.01. The van der Waals surface area contributed by atoms with E-state index in [0.717, 1.165) is 11.1 Å². The summed E-state index contributed by atoms with van der Waals surface area (Å²) in [5.41, 5.74) is 9.34. The maximum Gasteiger partial charge on any atom is 0.237 e. The number of aryl methyl sites for hydroxylation is 1. The van der Waals surface area contributed by atoms with Crippen molar-refractivity contribution in [3.63, 3.8) is 0 Å². The number of carbonyl (C=O) groups excluding carboxylic acids is 1. The van der Waals surface area contributed by atoms with Crippen molar-refractivity contribution >= 4 is 5.91 Å². The predicted molar refractivity (Wildman–Crippen MR) is 85.9 cm³/mol. The minimum Gasteiger partial charge on any atom is -0.348 e. The van der Waals surface area contributed by atoms with Gasteiger partial charge >= 0.3 is 0 Å². The molecule has 0 bridgehead atoms. The fraction of sp³-hybridized carbons (Fsp3) is 0.278. The van der Waals surface area contributed by atoms with E-state index in [2.05, 4.69) is 11.4 Å². The van der Waals surface area contributed by atoms with Crippen LogP contribution in [-0.2, 0) is 11.2 Å². The molecule has 0 fully saturated rings. The third-order valence-corrected chi connectivity index (χ3v) is 3.54. The van der Waals surface area contributed by atoms with E-state index in [1.54, 1.807) is 0 Å². The van der Waals surface area contributed by atoms with Gasteiger partial charge in [-0.1, -0.05) is 60.2 Å². The number of amides is 1. The van der Waals surface area contributed by atoms with Crippen LogP contribution in [0.2, 0.25) is 0 Å². The number of carbonyl (C=O) groups is 1. The highest BCUT2D eigenvalue weighted by molar-refractivity contribution is 5.82. The van der Waals surface area contributed by atoms with Gasteiger partial charge in [0.1, 0.15) is 0 Å². The second-order valence-electron chi connectivity index (χ2n) is 5.44. The van der Waals surface area contributed by atoms with Crippen molar-refractivity contribution in [2.45, 2.75) is 32.4 Å². The van der Waals surface area contributed by atoms with Crippen molar-refractivity contribution < 1.29 is 4.79 Å². The summed E-state index contributed by atoms with van der Waals surface area (Å²) in [6, 6.07) is 17.4. The van der Waals surface area contributed by atoms with E-state index in [1.807, 2.05) is 62.4 Å². The molecular weight excluding hydrogens is 260 g/mol. The molecular formula is C18H22N2O. The Morgan fingerprint density at radius 3 is 2.52 bits per heavy atom. The molecule has 0 heterocycles. The monoisotopic (exact) mass is 282 g/mol. The number of nitrogens with two attached hydrogens (primary N) is 1. The van der Waals surface area contributed by atoms with Crippen molar-refractivity contribution in [1.29, 1.82) is 0 Å². The number of benzene rings is 2. The molecule has 0 radical (unpaired) electrons. The first-order valence-electron chi connectivity index (χ1n) is 7.22. The summed E-state index contributed by atoms with van der Waals surface area (Å²) in [5.74, 6) is -0.118. The molecule has 3 heteroatoms. The highest BCUT2D eigenvalue weighted by Crippen LogP contribution is 2.14. The highest BCUT2D eigenvalue weighted by atomic mass is 16.2. The molecule has 2 rings (SSSR count). The van der Waals surface area contributed by atoms with Crippen LogP contribution in [0.25, 0.3) is 0 Å².